The van der Waals surface area contributed by atoms with Gasteiger partial charge in [0.1, 0.15) is 0 Å². The first-order valence-corrected chi connectivity index (χ1v) is 6.51. The zero-order valence-corrected chi connectivity index (χ0v) is 11.7. The number of carboxylic acids is 1. The summed E-state index contributed by atoms with van der Waals surface area (Å²) >= 11 is 0. The average molecular weight is 280 g/mol. The first-order chi connectivity index (χ1) is 9.56. The number of carbonyl (C=O) groups excluding carboxylic acids is 1. The summed E-state index contributed by atoms with van der Waals surface area (Å²) in [7, 11) is 0. The highest BCUT2D eigenvalue weighted by Gasteiger charge is 2.13. The van der Waals surface area contributed by atoms with Crippen molar-refractivity contribution in [3.05, 3.63) is 29.3 Å². The van der Waals surface area contributed by atoms with Crippen molar-refractivity contribution in [2.75, 3.05) is 25.1 Å². The van der Waals surface area contributed by atoms with E-state index in [0.29, 0.717) is 37.4 Å². The van der Waals surface area contributed by atoms with Crippen LogP contribution in [0.5, 0.6) is 0 Å². The molecule has 0 radical (unpaired) electrons. The number of ether oxygens (including phenoxy) is 1. The Morgan fingerprint density at radius 3 is 2.75 bits per heavy atom. The SMILES string of the molecule is CCOCCCNC(=O)Nc1c(C)cccc1C(=O)O. The maximum atomic E-state index is 11.7. The minimum atomic E-state index is -1.07. The first-order valence-electron chi connectivity index (χ1n) is 6.51. The second-order valence-electron chi connectivity index (χ2n) is 4.23. The van der Waals surface area contributed by atoms with Crippen LogP contribution in [0, 0.1) is 6.92 Å². The predicted molar refractivity (Wildman–Crippen MR) is 76.3 cm³/mol. The summed E-state index contributed by atoms with van der Waals surface area (Å²) in [6.45, 7) is 5.36. The van der Waals surface area contributed by atoms with Crippen molar-refractivity contribution < 1.29 is 19.4 Å². The smallest absolute Gasteiger partial charge is 0.337 e. The highest BCUT2D eigenvalue weighted by Crippen LogP contribution is 2.20. The Kier molecular flexibility index (Phi) is 6.52. The zero-order valence-electron chi connectivity index (χ0n) is 11.7. The van der Waals surface area contributed by atoms with Gasteiger partial charge in [-0.2, -0.15) is 0 Å². The quantitative estimate of drug-likeness (QED) is 0.668. The lowest BCUT2D eigenvalue weighted by atomic mass is 10.1. The molecule has 0 aromatic heterocycles. The normalized spacial score (nSPS) is 10.1. The van der Waals surface area contributed by atoms with Gasteiger partial charge in [-0.15, -0.1) is 0 Å². The van der Waals surface area contributed by atoms with Crippen LogP contribution in [0.15, 0.2) is 18.2 Å². The van der Waals surface area contributed by atoms with Gasteiger partial charge in [0.2, 0.25) is 0 Å². The third kappa shape index (κ3) is 4.89. The maximum absolute atomic E-state index is 11.7. The Hall–Kier alpha value is -2.08. The fourth-order valence-electron chi connectivity index (χ4n) is 1.69. The fourth-order valence-corrected chi connectivity index (χ4v) is 1.69. The summed E-state index contributed by atoms with van der Waals surface area (Å²) in [6.07, 6.45) is 0.709. The minimum Gasteiger partial charge on any atom is -0.478 e. The Labute approximate surface area is 118 Å². The number of amides is 2. The van der Waals surface area contributed by atoms with E-state index in [-0.39, 0.29) is 5.56 Å². The molecule has 0 unspecified atom stereocenters. The Morgan fingerprint density at radius 1 is 1.35 bits per heavy atom. The largest absolute Gasteiger partial charge is 0.478 e. The Morgan fingerprint density at radius 2 is 2.10 bits per heavy atom. The number of nitrogens with one attached hydrogen (secondary N) is 2. The van der Waals surface area contributed by atoms with E-state index in [0.717, 1.165) is 0 Å². The molecule has 0 saturated heterocycles. The topological polar surface area (TPSA) is 87.7 Å². The minimum absolute atomic E-state index is 0.0782. The number of urea groups is 1. The van der Waals surface area contributed by atoms with Crippen LogP contribution in [-0.4, -0.2) is 36.9 Å². The molecule has 0 bridgehead atoms. The van der Waals surface area contributed by atoms with E-state index in [2.05, 4.69) is 10.6 Å². The van der Waals surface area contributed by atoms with Crippen molar-refractivity contribution in [2.45, 2.75) is 20.3 Å². The van der Waals surface area contributed by atoms with E-state index in [4.69, 9.17) is 9.84 Å². The Balaban J connectivity index is 2.55. The second-order valence-corrected chi connectivity index (χ2v) is 4.23. The number of hydrogen-bond acceptors (Lipinski definition) is 3. The van der Waals surface area contributed by atoms with Crippen molar-refractivity contribution in [3.8, 4) is 0 Å². The monoisotopic (exact) mass is 280 g/mol. The molecule has 0 atom stereocenters. The first kappa shape index (κ1) is 16.0. The lowest BCUT2D eigenvalue weighted by Gasteiger charge is -2.12. The molecule has 1 aromatic carbocycles. The highest BCUT2D eigenvalue weighted by molar-refractivity contribution is 6.00. The molecule has 3 N–H and O–H groups in total. The summed E-state index contributed by atoms with van der Waals surface area (Å²) in [5.74, 6) is -1.07. The van der Waals surface area contributed by atoms with E-state index in [1.54, 1.807) is 19.1 Å². The van der Waals surface area contributed by atoms with E-state index >= 15 is 0 Å². The third-order valence-electron chi connectivity index (χ3n) is 2.70. The number of benzene rings is 1. The molecule has 1 rings (SSSR count). The molecule has 6 nitrogen and oxygen atoms in total. The van der Waals surface area contributed by atoms with E-state index in [1.165, 1.54) is 6.07 Å². The molecule has 20 heavy (non-hydrogen) atoms. The number of anilines is 1. The van der Waals surface area contributed by atoms with Crippen LogP contribution in [0.25, 0.3) is 0 Å². The van der Waals surface area contributed by atoms with Crippen LogP contribution < -0.4 is 10.6 Å². The number of hydrogen-bond donors (Lipinski definition) is 3. The van der Waals surface area contributed by atoms with Gasteiger partial charge in [0, 0.05) is 19.8 Å². The third-order valence-corrected chi connectivity index (χ3v) is 2.70. The van der Waals surface area contributed by atoms with E-state index in [1.807, 2.05) is 6.92 Å². The predicted octanol–water partition coefficient (Wildman–Crippen LogP) is 2.24. The number of carbonyl (C=O) groups is 2. The Bertz CT molecular complexity index is 474. The molecular weight excluding hydrogens is 260 g/mol. The fraction of sp³-hybridized carbons (Fsp3) is 0.429. The maximum Gasteiger partial charge on any atom is 0.337 e. The van der Waals surface area contributed by atoms with Crippen LogP contribution in [0.3, 0.4) is 0 Å². The number of rotatable bonds is 7. The van der Waals surface area contributed by atoms with Crippen LogP contribution in [0.1, 0.15) is 29.3 Å². The van der Waals surface area contributed by atoms with Gasteiger partial charge < -0.3 is 20.5 Å². The van der Waals surface area contributed by atoms with E-state index < -0.39 is 12.0 Å². The van der Waals surface area contributed by atoms with Crippen LogP contribution in [0.4, 0.5) is 10.5 Å². The molecule has 6 heteroatoms. The summed E-state index contributed by atoms with van der Waals surface area (Å²) in [6, 6.07) is 4.43. The molecule has 0 aliphatic carbocycles. The van der Waals surface area contributed by atoms with Crippen molar-refractivity contribution in [1.82, 2.24) is 5.32 Å². The zero-order chi connectivity index (χ0) is 15.0. The van der Waals surface area contributed by atoms with Crippen molar-refractivity contribution in [3.63, 3.8) is 0 Å². The molecule has 2 amide bonds. The van der Waals surface area contributed by atoms with Crippen molar-refractivity contribution in [2.24, 2.45) is 0 Å². The summed E-state index contributed by atoms with van der Waals surface area (Å²) in [4.78, 5) is 22.8. The summed E-state index contributed by atoms with van der Waals surface area (Å²) < 4.78 is 5.15. The van der Waals surface area contributed by atoms with Gasteiger partial charge in [-0.1, -0.05) is 12.1 Å². The number of carboxylic acid groups (broad SMARTS) is 1. The number of para-hydroxylation sites is 1. The molecule has 0 aliphatic rings. The second kappa shape index (κ2) is 8.16. The number of aromatic carboxylic acids is 1. The van der Waals surface area contributed by atoms with Gasteiger partial charge in [-0.25, -0.2) is 9.59 Å². The molecule has 0 spiro atoms. The van der Waals surface area contributed by atoms with Crippen molar-refractivity contribution >= 4 is 17.7 Å². The van der Waals surface area contributed by atoms with Crippen LogP contribution in [-0.2, 0) is 4.74 Å². The summed E-state index contributed by atoms with van der Waals surface area (Å²) in [5, 5.41) is 14.3. The molecule has 110 valence electrons. The van der Waals surface area contributed by atoms with Gasteiger partial charge in [-0.05, 0) is 31.9 Å². The average Bonchev–Trinajstić information content (AvgIpc) is 2.40. The molecule has 0 heterocycles. The molecule has 0 fully saturated rings. The van der Waals surface area contributed by atoms with Gasteiger partial charge in [0.15, 0.2) is 0 Å². The number of aryl methyl sites for hydroxylation is 1. The van der Waals surface area contributed by atoms with Crippen LogP contribution >= 0.6 is 0 Å². The lowest BCUT2D eigenvalue weighted by Crippen LogP contribution is -2.31. The van der Waals surface area contributed by atoms with Crippen molar-refractivity contribution in [1.29, 1.82) is 0 Å². The highest BCUT2D eigenvalue weighted by atomic mass is 16.5. The lowest BCUT2D eigenvalue weighted by molar-refractivity contribution is 0.0698. The van der Waals surface area contributed by atoms with Crippen LogP contribution in [0.2, 0.25) is 0 Å². The molecular formula is C14H20N2O4. The van der Waals surface area contributed by atoms with Gasteiger partial charge in [0.05, 0.1) is 11.3 Å². The molecule has 1 aromatic rings. The summed E-state index contributed by atoms with van der Waals surface area (Å²) in [5.41, 5.74) is 1.10. The van der Waals surface area contributed by atoms with Gasteiger partial charge >= 0.3 is 12.0 Å². The molecule has 0 aliphatic heterocycles. The standard InChI is InChI=1S/C14H20N2O4/c1-3-20-9-5-8-15-14(19)16-12-10(2)6-4-7-11(12)13(17)18/h4,6-7H,3,5,8-9H2,1-2H3,(H,17,18)(H2,15,16,19). The van der Waals surface area contributed by atoms with Gasteiger partial charge in [-0.3, -0.25) is 0 Å². The van der Waals surface area contributed by atoms with E-state index in [9.17, 15) is 9.59 Å². The molecule has 0 saturated carbocycles. The van der Waals surface area contributed by atoms with Gasteiger partial charge in [0.25, 0.3) is 0 Å².